The number of hydrogen-bond acceptors (Lipinski definition) is 4. The van der Waals surface area contributed by atoms with Gasteiger partial charge in [-0.15, -0.1) is 0 Å². The largest absolute Gasteiger partial charge is 0.390 e. The Balaban J connectivity index is 2.24. The van der Waals surface area contributed by atoms with Crippen LogP contribution >= 0.6 is 22.6 Å². The van der Waals surface area contributed by atoms with E-state index in [1.165, 1.54) is 12.1 Å². The van der Waals surface area contributed by atoms with Crippen molar-refractivity contribution in [2.45, 2.75) is 20.0 Å². The van der Waals surface area contributed by atoms with Gasteiger partial charge >= 0.3 is 0 Å². The Morgan fingerprint density at radius 3 is 2.52 bits per heavy atom. The average molecular weight is 494 g/mol. The number of aliphatic hydroxyl groups is 1. The third-order valence-electron chi connectivity index (χ3n) is 3.72. The van der Waals surface area contributed by atoms with E-state index in [4.69, 9.17) is 4.84 Å². The molecule has 0 saturated heterocycles. The number of hydrogen-bond donors (Lipinski definition) is 3. The summed E-state index contributed by atoms with van der Waals surface area (Å²) in [6, 6.07) is 5.94. The van der Waals surface area contributed by atoms with Gasteiger partial charge in [-0.3, -0.25) is 9.63 Å². The summed E-state index contributed by atoms with van der Waals surface area (Å²) < 4.78 is 42.5. The van der Waals surface area contributed by atoms with Crippen LogP contribution in [0.4, 0.5) is 24.5 Å². The summed E-state index contributed by atoms with van der Waals surface area (Å²) in [5.41, 5.74) is 1.12. The highest BCUT2D eigenvalue weighted by Gasteiger charge is 2.21. The quantitative estimate of drug-likeness (QED) is 0.400. The van der Waals surface area contributed by atoms with Crippen LogP contribution in [-0.4, -0.2) is 23.7 Å². The van der Waals surface area contributed by atoms with Crippen molar-refractivity contribution >= 4 is 39.9 Å². The van der Waals surface area contributed by atoms with Crippen molar-refractivity contribution in [2.75, 3.05) is 11.9 Å². The van der Waals surface area contributed by atoms with Crippen LogP contribution in [0.25, 0.3) is 0 Å². The smallest absolute Gasteiger partial charge is 0.277 e. The third kappa shape index (κ3) is 5.56. The number of carbonyl (C=O) groups excluding carboxylic acids is 1. The topological polar surface area (TPSA) is 70.6 Å². The molecule has 1 amide bonds. The minimum Gasteiger partial charge on any atom is -0.390 e. The van der Waals surface area contributed by atoms with Gasteiger partial charge in [0, 0.05) is 3.57 Å². The molecule has 2 rings (SSSR count). The number of aliphatic hydroxyl groups excluding tert-OH is 1. The van der Waals surface area contributed by atoms with E-state index in [-0.39, 0.29) is 23.8 Å². The van der Waals surface area contributed by atoms with Crippen molar-refractivity contribution in [3.63, 3.8) is 0 Å². The van der Waals surface area contributed by atoms with E-state index in [0.29, 0.717) is 3.57 Å². The molecule has 0 aliphatic rings. The number of halogens is 4. The molecule has 146 valence electrons. The first-order valence-electron chi connectivity index (χ1n) is 8.01. The number of rotatable bonds is 7. The number of carbonyl (C=O) groups is 1. The Labute approximate surface area is 168 Å². The van der Waals surface area contributed by atoms with E-state index in [1.54, 1.807) is 19.9 Å². The number of benzene rings is 2. The summed E-state index contributed by atoms with van der Waals surface area (Å²) in [7, 11) is 0. The Bertz CT molecular complexity index is 834. The molecule has 5 nitrogen and oxygen atoms in total. The second-order valence-corrected chi connectivity index (χ2v) is 7.33. The van der Waals surface area contributed by atoms with Gasteiger partial charge in [-0.2, -0.15) is 0 Å². The first-order valence-corrected chi connectivity index (χ1v) is 9.08. The minimum absolute atomic E-state index is 0.0914. The number of anilines is 2. The van der Waals surface area contributed by atoms with E-state index in [1.807, 2.05) is 22.6 Å². The first-order chi connectivity index (χ1) is 12.7. The van der Waals surface area contributed by atoms with Crippen LogP contribution in [0, 0.1) is 26.9 Å². The summed E-state index contributed by atoms with van der Waals surface area (Å²) >= 11 is 1.90. The molecule has 0 radical (unpaired) electrons. The molecule has 0 aliphatic carbocycles. The van der Waals surface area contributed by atoms with Crippen LogP contribution in [0.1, 0.15) is 24.2 Å². The minimum atomic E-state index is -1.33. The lowest BCUT2D eigenvalue weighted by atomic mass is 10.1. The second kappa shape index (κ2) is 9.38. The van der Waals surface area contributed by atoms with Gasteiger partial charge in [-0.1, -0.05) is 13.8 Å². The fraction of sp³-hybridized carbons (Fsp3) is 0.278. The normalized spacial score (nSPS) is 12.1. The van der Waals surface area contributed by atoms with Crippen molar-refractivity contribution in [3.05, 3.63) is 56.9 Å². The van der Waals surface area contributed by atoms with Crippen molar-refractivity contribution in [2.24, 2.45) is 5.92 Å². The molecule has 1 unspecified atom stereocenters. The summed E-state index contributed by atoms with van der Waals surface area (Å²) in [5, 5.41) is 12.1. The fourth-order valence-electron chi connectivity index (χ4n) is 2.03. The maximum atomic E-state index is 14.3. The van der Waals surface area contributed by atoms with Crippen LogP contribution in [0.2, 0.25) is 0 Å². The van der Waals surface area contributed by atoms with Gasteiger partial charge in [-0.05, 0) is 58.8 Å². The second-order valence-electron chi connectivity index (χ2n) is 6.09. The van der Waals surface area contributed by atoms with Crippen molar-refractivity contribution in [1.82, 2.24) is 5.48 Å². The Hall–Kier alpha value is -1.85. The SMILES string of the molecule is CC(C)C(O)CONC(=O)c1ccc(F)c(F)c1Nc1ccc(I)cc1F. The van der Waals surface area contributed by atoms with Gasteiger partial charge in [0.15, 0.2) is 11.6 Å². The van der Waals surface area contributed by atoms with Crippen LogP contribution in [0.5, 0.6) is 0 Å². The zero-order valence-corrected chi connectivity index (χ0v) is 16.7. The van der Waals surface area contributed by atoms with E-state index in [0.717, 1.165) is 12.1 Å². The van der Waals surface area contributed by atoms with Gasteiger partial charge in [0.05, 0.1) is 23.0 Å². The zero-order valence-electron chi connectivity index (χ0n) is 14.5. The molecule has 0 fully saturated rings. The molecule has 27 heavy (non-hydrogen) atoms. The summed E-state index contributed by atoms with van der Waals surface area (Å²) in [5.74, 6) is -4.18. The van der Waals surface area contributed by atoms with Crippen LogP contribution in [0.3, 0.4) is 0 Å². The Kier molecular flexibility index (Phi) is 7.45. The van der Waals surface area contributed by atoms with Gasteiger partial charge in [0.25, 0.3) is 5.91 Å². The number of nitrogens with one attached hydrogen (secondary N) is 2. The first kappa shape index (κ1) is 21.5. The molecular formula is C18H18F3IN2O3. The highest BCUT2D eigenvalue weighted by molar-refractivity contribution is 14.1. The third-order valence-corrected chi connectivity index (χ3v) is 4.39. The lowest BCUT2D eigenvalue weighted by Crippen LogP contribution is -2.31. The fourth-order valence-corrected chi connectivity index (χ4v) is 2.48. The van der Waals surface area contributed by atoms with Gasteiger partial charge in [0.2, 0.25) is 0 Å². The maximum absolute atomic E-state index is 14.3. The van der Waals surface area contributed by atoms with E-state index >= 15 is 0 Å². The molecular weight excluding hydrogens is 476 g/mol. The van der Waals surface area contributed by atoms with Crippen LogP contribution < -0.4 is 10.8 Å². The molecule has 0 aromatic heterocycles. The lowest BCUT2D eigenvalue weighted by molar-refractivity contribution is -0.0268. The predicted octanol–water partition coefficient (Wildman–Crippen LogP) is 4.13. The summed E-state index contributed by atoms with van der Waals surface area (Å²) in [4.78, 5) is 17.2. The molecule has 2 aromatic rings. The van der Waals surface area contributed by atoms with Crippen molar-refractivity contribution in [3.8, 4) is 0 Å². The lowest BCUT2D eigenvalue weighted by Gasteiger charge is -2.16. The molecule has 1 atom stereocenters. The molecule has 9 heteroatoms. The molecule has 0 heterocycles. The predicted molar refractivity (Wildman–Crippen MR) is 103 cm³/mol. The van der Waals surface area contributed by atoms with Crippen LogP contribution in [-0.2, 0) is 4.84 Å². The molecule has 0 saturated carbocycles. The van der Waals surface area contributed by atoms with Gasteiger partial charge < -0.3 is 10.4 Å². The number of amides is 1. The van der Waals surface area contributed by atoms with E-state index in [9.17, 15) is 23.1 Å². The molecule has 0 aliphatic heterocycles. The number of hydroxylamine groups is 1. The highest BCUT2D eigenvalue weighted by Crippen LogP contribution is 2.28. The van der Waals surface area contributed by atoms with Gasteiger partial charge in [0.1, 0.15) is 12.4 Å². The van der Waals surface area contributed by atoms with E-state index in [2.05, 4.69) is 10.8 Å². The Morgan fingerprint density at radius 2 is 1.89 bits per heavy atom. The highest BCUT2D eigenvalue weighted by atomic mass is 127. The van der Waals surface area contributed by atoms with Gasteiger partial charge in [-0.25, -0.2) is 18.7 Å². The zero-order chi connectivity index (χ0) is 20.1. The summed E-state index contributed by atoms with van der Waals surface area (Å²) in [6.07, 6.45) is -0.811. The van der Waals surface area contributed by atoms with Crippen LogP contribution in [0.15, 0.2) is 30.3 Å². The van der Waals surface area contributed by atoms with Crippen molar-refractivity contribution < 1.29 is 27.9 Å². The molecule has 0 spiro atoms. The monoisotopic (exact) mass is 494 g/mol. The maximum Gasteiger partial charge on any atom is 0.277 e. The summed E-state index contributed by atoms with van der Waals surface area (Å²) in [6.45, 7) is 3.35. The molecule has 3 N–H and O–H groups in total. The standard InChI is InChI=1S/C18H18F3IN2O3/c1-9(2)15(25)8-27-24-18(26)11-4-5-12(19)16(21)17(11)23-14-6-3-10(22)7-13(14)20/h3-7,9,15,23,25H,8H2,1-2H3,(H,24,26). The average Bonchev–Trinajstić information content (AvgIpc) is 2.60. The van der Waals surface area contributed by atoms with E-state index < -0.39 is 35.2 Å². The molecule has 2 aromatic carbocycles. The molecule has 0 bridgehead atoms. The Morgan fingerprint density at radius 1 is 1.19 bits per heavy atom. The van der Waals surface area contributed by atoms with Crippen molar-refractivity contribution in [1.29, 1.82) is 0 Å².